The monoisotopic (exact) mass is 858 g/mol. The summed E-state index contributed by atoms with van der Waals surface area (Å²) in [6.07, 6.45) is 4.03. The normalized spacial score (nSPS) is 20.3. The van der Waals surface area contributed by atoms with Gasteiger partial charge in [-0.25, -0.2) is 4.79 Å². The Morgan fingerprint density at radius 3 is 2.21 bits per heavy atom. The maximum atomic E-state index is 13.5. The lowest BCUT2D eigenvalue weighted by Gasteiger charge is -2.30. The summed E-state index contributed by atoms with van der Waals surface area (Å²) in [6.45, 7) is 0.920. The van der Waals surface area contributed by atoms with Crippen molar-refractivity contribution in [2.75, 3.05) is 11.4 Å². The number of hydrogen-bond acceptors (Lipinski definition) is 8. The molecule has 61 heavy (non-hydrogen) atoms. The third-order valence-corrected chi connectivity index (χ3v) is 13.3. The van der Waals surface area contributed by atoms with E-state index in [1.54, 1.807) is 30.1 Å². The number of aliphatic hydroxyl groups excluding tert-OH is 1. The number of nitrogens with one attached hydrogen (secondary N) is 2. The predicted molar refractivity (Wildman–Crippen MR) is 229 cm³/mol. The number of imide groups is 1. The van der Waals surface area contributed by atoms with Gasteiger partial charge >= 0.3 is 5.76 Å². The number of halogens is 2. The van der Waals surface area contributed by atoms with Crippen molar-refractivity contribution in [2.24, 2.45) is 13.0 Å². The lowest BCUT2D eigenvalue weighted by Crippen LogP contribution is -2.43. The number of aromatic nitrogens is 3. The Hall–Kier alpha value is -6.02. The fourth-order valence-corrected chi connectivity index (χ4v) is 9.78. The molecule has 0 bridgehead atoms. The summed E-state index contributed by atoms with van der Waals surface area (Å²) in [6, 6.07) is 20.7. The van der Waals surface area contributed by atoms with Gasteiger partial charge in [-0.3, -0.25) is 33.7 Å². The summed E-state index contributed by atoms with van der Waals surface area (Å²) in [5.41, 5.74) is 8.46. The first-order chi connectivity index (χ1) is 29.4. The molecule has 4 aromatic carbocycles. The molecule has 4 amide bonds. The quantitative estimate of drug-likeness (QED) is 0.133. The smallest absolute Gasteiger partial charge is 0.408 e. The van der Waals surface area contributed by atoms with Gasteiger partial charge < -0.3 is 19.7 Å². The van der Waals surface area contributed by atoms with Crippen LogP contribution in [0.25, 0.3) is 44.5 Å². The average molecular weight is 860 g/mol. The van der Waals surface area contributed by atoms with Gasteiger partial charge in [0.05, 0.1) is 40.1 Å². The van der Waals surface area contributed by atoms with Crippen LogP contribution in [0, 0.1) is 5.92 Å². The molecule has 310 valence electrons. The van der Waals surface area contributed by atoms with Gasteiger partial charge in [-0.05, 0) is 125 Å². The number of amides is 4. The highest BCUT2D eigenvalue weighted by molar-refractivity contribution is 6.35. The molecule has 13 nitrogen and oxygen atoms in total. The molecule has 3 N–H and O–H groups in total. The van der Waals surface area contributed by atoms with Gasteiger partial charge in [0.1, 0.15) is 6.23 Å². The zero-order valence-electron chi connectivity index (χ0n) is 33.0. The molecule has 1 aliphatic carbocycles. The summed E-state index contributed by atoms with van der Waals surface area (Å²) in [7, 11) is 1.80. The maximum Gasteiger partial charge on any atom is 0.420 e. The first-order valence-electron chi connectivity index (χ1n) is 20.4. The highest BCUT2D eigenvalue weighted by Gasteiger charge is 2.35. The molecule has 2 aromatic heterocycles. The van der Waals surface area contributed by atoms with Crippen LogP contribution in [0.3, 0.4) is 0 Å². The topological polar surface area (TPSA) is 169 Å². The Bertz CT molecular complexity index is 2910. The summed E-state index contributed by atoms with van der Waals surface area (Å²) in [4.78, 5) is 66.3. The molecule has 1 saturated carbocycles. The fourth-order valence-electron chi connectivity index (χ4n) is 9.07. The van der Waals surface area contributed by atoms with Crippen LogP contribution < -0.4 is 21.3 Å². The number of nitrogens with zero attached hydrogens (tertiary/aromatic N) is 4. The Morgan fingerprint density at radius 2 is 1.51 bits per heavy atom. The molecule has 6 aromatic rings. The SMILES string of the molecule is Cn1ccc(Cn2c(=O)oc3cc(-c4cc(-c5cc(-c6ccc7c(c6)CC(=O)N7CC6CC6)c(Cl)c(C6CCC(=O)NC6=O)c5)cc(C5CCC(=O)NC5O)c4Cl)ccc32)n1. The van der Waals surface area contributed by atoms with Gasteiger partial charge in [0.15, 0.2) is 5.58 Å². The van der Waals surface area contributed by atoms with Crippen LogP contribution in [0.5, 0.6) is 0 Å². The first kappa shape index (κ1) is 39.1. The molecule has 0 radical (unpaired) electrons. The lowest BCUT2D eigenvalue weighted by atomic mass is 9.83. The number of aryl methyl sites for hydroxylation is 1. The van der Waals surface area contributed by atoms with Crippen LogP contribution in [-0.4, -0.2) is 55.9 Å². The van der Waals surface area contributed by atoms with E-state index in [4.69, 9.17) is 27.6 Å². The largest absolute Gasteiger partial charge is 0.420 e. The molecular weight excluding hydrogens is 819 g/mol. The van der Waals surface area contributed by atoms with E-state index in [0.717, 1.165) is 29.7 Å². The number of anilines is 1. The first-order valence-corrected chi connectivity index (χ1v) is 21.2. The second-order valence-corrected chi connectivity index (χ2v) is 17.4. The van der Waals surface area contributed by atoms with Crippen molar-refractivity contribution in [3.8, 4) is 33.4 Å². The van der Waals surface area contributed by atoms with Crippen LogP contribution in [-0.2, 0) is 39.2 Å². The van der Waals surface area contributed by atoms with E-state index in [1.165, 1.54) is 4.57 Å². The number of carbonyl (C=O) groups is 4. The molecule has 4 aliphatic rings. The van der Waals surface area contributed by atoms with Crippen LogP contribution in [0.4, 0.5) is 5.69 Å². The Kier molecular flexibility index (Phi) is 9.72. The number of benzene rings is 4. The van der Waals surface area contributed by atoms with Crippen LogP contribution in [0.15, 0.2) is 82.1 Å². The minimum absolute atomic E-state index is 0.0627. The Balaban J connectivity index is 1.13. The maximum absolute atomic E-state index is 13.5. The predicted octanol–water partition coefficient (Wildman–Crippen LogP) is 6.82. The Morgan fingerprint density at radius 1 is 0.803 bits per heavy atom. The molecule has 15 heteroatoms. The molecule has 2 saturated heterocycles. The summed E-state index contributed by atoms with van der Waals surface area (Å²) < 4.78 is 8.93. The summed E-state index contributed by atoms with van der Waals surface area (Å²) >= 11 is 14.6. The minimum Gasteiger partial charge on any atom is -0.408 e. The lowest BCUT2D eigenvalue weighted by molar-refractivity contribution is -0.134. The van der Waals surface area contributed by atoms with Crippen LogP contribution in [0.2, 0.25) is 10.0 Å². The molecule has 3 atom stereocenters. The van der Waals surface area contributed by atoms with E-state index in [2.05, 4.69) is 15.7 Å². The van der Waals surface area contributed by atoms with Crippen molar-refractivity contribution in [1.82, 2.24) is 25.0 Å². The van der Waals surface area contributed by atoms with Gasteiger partial charge in [0.2, 0.25) is 23.6 Å². The number of carbonyl (C=O) groups excluding carboxylic acids is 4. The molecule has 3 aliphatic heterocycles. The van der Waals surface area contributed by atoms with Gasteiger partial charge in [-0.1, -0.05) is 35.3 Å². The van der Waals surface area contributed by atoms with Crippen molar-refractivity contribution in [3.05, 3.63) is 116 Å². The van der Waals surface area contributed by atoms with Gasteiger partial charge in [0.25, 0.3) is 0 Å². The van der Waals surface area contributed by atoms with E-state index in [9.17, 15) is 29.1 Å². The Labute approximate surface area is 359 Å². The van der Waals surface area contributed by atoms with E-state index in [0.29, 0.717) is 84.7 Å². The zero-order valence-corrected chi connectivity index (χ0v) is 34.6. The molecular formula is C46H40Cl2N6O7. The number of rotatable bonds is 9. The summed E-state index contributed by atoms with van der Waals surface area (Å²) in [5.74, 6) is -2.31. The number of oxazole rings is 1. The zero-order chi connectivity index (χ0) is 42.3. The third-order valence-electron chi connectivity index (χ3n) is 12.5. The molecule has 10 rings (SSSR count). The molecule has 5 heterocycles. The van der Waals surface area contributed by atoms with E-state index in [-0.39, 0.29) is 49.9 Å². The highest BCUT2D eigenvalue weighted by Crippen LogP contribution is 2.46. The highest BCUT2D eigenvalue weighted by atomic mass is 35.5. The van der Waals surface area contributed by atoms with E-state index < -0.39 is 29.7 Å². The molecule has 3 unspecified atom stereocenters. The van der Waals surface area contributed by atoms with Gasteiger partial charge in [0, 0.05) is 55.4 Å². The number of aliphatic hydroxyl groups is 1. The van der Waals surface area contributed by atoms with Crippen LogP contribution in [0.1, 0.15) is 72.7 Å². The van der Waals surface area contributed by atoms with Crippen LogP contribution >= 0.6 is 23.2 Å². The number of hydrogen-bond donors (Lipinski definition) is 3. The fraction of sp³-hybridized carbons (Fsp3) is 0.304. The van der Waals surface area contributed by atoms with Crippen molar-refractivity contribution in [2.45, 2.75) is 69.6 Å². The standard InChI is InChI=1S/C46H40Cl2N6O7/c1-52-13-12-29(51-52)22-54-37-9-5-25(19-38(37)61-46(54)60)33-16-27(18-35(43(33)48)31-7-11-40(56)50-45(31)59)26-15-32(42(47)34(17-26)30-6-10-39(55)49-44(30)58)24-4-8-36-28(14-24)20-41(57)53(36)21-23-2-3-23/h4-5,8-9,12-19,23,30-31,45,59H,2-3,6-7,10-11,20-22H2,1H3,(H,50,56)(H,49,55,58). The number of fused-ring (bicyclic) bond motifs is 2. The second-order valence-electron chi connectivity index (χ2n) is 16.6. The van der Waals surface area contributed by atoms with Crippen molar-refractivity contribution >= 4 is 63.6 Å². The minimum atomic E-state index is -1.21. The third kappa shape index (κ3) is 7.24. The van der Waals surface area contributed by atoms with E-state index in [1.807, 2.05) is 59.5 Å². The van der Waals surface area contributed by atoms with Crippen molar-refractivity contribution < 1.29 is 28.7 Å². The second kappa shape index (κ2) is 15.2. The van der Waals surface area contributed by atoms with Gasteiger partial charge in [-0.2, -0.15) is 5.10 Å². The average Bonchev–Trinajstić information content (AvgIpc) is 3.76. The van der Waals surface area contributed by atoms with Crippen molar-refractivity contribution in [3.63, 3.8) is 0 Å². The summed E-state index contributed by atoms with van der Waals surface area (Å²) in [5, 5.41) is 21.5. The van der Waals surface area contributed by atoms with Crippen molar-refractivity contribution in [1.29, 1.82) is 0 Å². The molecule has 3 fully saturated rings. The number of piperidine rings is 2. The molecule has 0 spiro atoms. The van der Waals surface area contributed by atoms with Gasteiger partial charge in [-0.15, -0.1) is 0 Å². The van der Waals surface area contributed by atoms with E-state index >= 15 is 0 Å².